The second kappa shape index (κ2) is 23.0. The molecule has 0 radical (unpaired) electrons. The molecule has 0 unspecified atom stereocenters. The highest BCUT2D eigenvalue weighted by atomic mass is 16.4. The number of carboxylic acids is 1. The third kappa shape index (κ3) is 16.2. The van der Waals surface area contributed by atoms with Crippen LogP contribution in [0.5, 0.6) is 5.75 Å². The van der Waals surface area contributed by atoms with Crippen molar-refractivity contribution in [1.82, 2.24) is 31.9 Å². The molecule has 1 saturated carbocycles. The summed E-state index contributed by atoms with van der Waals surface area (Å²) < 4.78 is 0. The van der Waals surface area contributed by atoms with Gasteiger partial charge in [-0.05, 0) is 61.6 Å². The van der Waals surface area contributed by atoms with Crippen LogP contribution in [0.4, 0.5) is 0 Å². The highest BCUT2D eigenvalue weighted by molar-refractivity contribution is 5.97. The molecule has 0 saturated heterocycles. The standard InChI is InChI=1S/C38H60N8O10/c1-20(2)31(37(55)41-19-29(40)48)46-38(56)32(21(3)4)45-35(53)27(15-16-30(49)50)43-36(54)28(18-23-9-7-6-8-10-23)44-33(51)22(5)42-34(52)26(39)17-24-11-13-25(47)14-12-24/h11-14,20-23,26-28,31-32,47H,6-10,15-19,39H2,1-5H3,(H2,40,48)(H,41,55)(H,42,52)(H,43,54)(H,44,51)(H,45,53)(H,46,56)(H,49,50)/t22-,26+,27+,28+,31+,32+/m1/s1. The van der Waals surface area contributed by atoms with Gasteiger partial charge in [0.05, 0.1) is 12.6 Å². The summed E-state index contributed by atoms with van der Waals surface area (Å²) in [6, 6.07) is -0.875. The zero-order valence-electron chi connectivity index (χ0n) is 32.9. The molecule has 1 aliphatic rings. The van der Waals surface area contributed by atoms with Gasteiger partial charge in [0.15, 0.2) is 0 Å². The lowest BCUT2D eigenvalue weighted by Crippen LogP contribution is -2.61. The minimum Gasteiger partial charge on any atom is -0.508 e. The summed E-state index contributed by atoms with van der Waals surface area (Å²) in [7, 11) is 0. The number of nitrogens with one attached hydrogen (secondary N) is 6. The summed E-state index contributed by atoms with van der Waals surface area (Å²) >= 11 is 0. The van der Waals surface area contributed by atoms with E-state index in [9.17, 15) is 48.6 Å². The van der Waals surface area contributed by atoms with Crippen molar-refractivity contribution in [3.05, 3.63) is 29.8 Å². The maximum atomic E-state index is 13.9. The van der Waals surface area contributed by atoms with Crippen molar-refractivity contribution in [1.29, 1.82) is 0 Å². The molecule has 1 aromatic rings. The Balaban J connectivity index is 2.23. The Bertz CT molecular complexity index is 1530. The number of benzene rings is 1. The van der Waals surface area contributed by atoms with Gasteiger partial charge in [0, 0.05) is 6.42 Å². The predicted octanol–water partition coefficient (Wildman–Crippen LogP) is -0.545. The van der Waals surface area contributed by atoms with Crippen LogP contribution in [-0.4, -0.2) is 100 Å². The van der Waals surface area contributed by atoms with Gasteiger partial charge in [-0.2, -0.15) is 0 Å². The molecule has 1 fully saturated rings. The van der Waals surface area contributed by atoms with E-state index in [0.29, 0.717) is 5.56 Å². The summed E-state index contributed by atoms with van der Waals surface area (Å²) in [4.78, 5) is 103. The molecule has 12 N–H and O–H groups in total. The van der Waals surface area contributed by atoms with Gasteiger partial charge in [0.25, 0.3) is 0 Å². The number of carbonyl (C=O) groups is 8. The van der Waals surface area contributed by atoms with E-state index in [1.807, 2.05) is 0 Å². The molecular weight excluding hydrogens is 728 g/mol. The van der Waals surface area contributed by atoms with Gasteiger partial charge in [-0.3, -0.25) is 38.4 Å². The molecule has 0 aromatic heterocycles. The average Bonchev–Trinajstić information content (AvgIpc) is 3.13. The van der Waals surface area contributed by atoms with Crippen LogP contribution in [0, 0.1) is 17.8 Å². The Morgan fingerprint density at radius 3 is 1.79 bits per heavy atom. The highest BCUT2D eigenvalue weighted by Crippen LogP contribution is 2.27. The Morgan fingerprint density at radius 2 is 1.23 bits per heavy atom. The molecule has 1 aliphatic carbocycles. The van der Waals surface area contributed by atoms with Crippen molar-refractivity contribution in [3.8, 4) is 5.75 Å². The highest BCUT2D eigenvalue weighted by Gasteiger charge is 2.35. The Hall–Kier alpha value is -5.26. The Morgan fingerprint density at radius 1 is 0.696 bits per heavy atom. The van der Waals surface area contributed by atoms with Crippen LogP contribution < -0.4 is 43.4 Å². The fourth-order valence-corrected chi connectivity index (χ4v) is 6.31. The number of aromatic hydroxyl groups is 1. The number of phenols is 1. The fourth-order valence-electron chi connectivity index (χ4n) is 6.31. The van der Waals surface area contributed by atoms with Crippen LogP contribution in [0.25, 0.3) is 0 Å². The number of carboxylic acid groups (broad SMARTS) is 1. The minimum atomic E-state index is -1.44. The number of hydrogen-bond donors (Lipinski definition) is 10. The lowest BCUT2D eigenvalue weighted by molar-refractivity contribution is -0.139. The first-order valence-corrected chi connectivity index (χ1v) is 19.1. The van der Waals surface area contributed by atoms with E-state index in [4.69, 9.17) is 11.5 Å². The Kier molecular flexibility index (Phi) is 19.2. The number of nitrogens with two attached hydrogens (primary N) is 2. The third-order valence-corrected chi connectivity index (χ3v) is 9.62. The predicted molar refractivity (Wildman–Crippen MR) is 205 cm³/mol. The minimum absolute atomic E-state index is 0.0582. The monoisotopic (exact) mass is 788 g/mol. The zero-order valence-corrected chi connectivity index (χ0v) is 32.9. The first kappa shape index (κ1) is 46.9. The second-order valence-electron chi connectivity index (χ2n) is 15.1. The van der Waals surface area contributed by atoms with Gasteiger partial charge in [-0.25, -0.2) is 0 Å². The van der Waals surface area contributed by atoms with Crippen LogP contribution in [-0.2, 0) is 44.8 Å². The summed E-state index contributed by atoms with van der Waals surface area (Å²) in [6.45, 7) is 7.61. The molecule has 56 heavy (non-hydrogen) atoms. The molecule has 7 amide bonds. The van der Waals surface area contributed by atoms with Gasteiger partial charge < -0.3 is 53.6 Å². The molecule has 2 rings (SSSR count). The fraction of sp³-hybridized carbons (Fsp3) is 0.632. The molecule has 1 aromatic carbocycles. The first-order valence-electron chi connectivity index (χ1n) is 19.1. The van der Waals surface area contributed by atoms with E-state index in [1.54, 1.807) is 39.8 Å². The molecule has 0 bridgehead atoms. The van der Waals surface area contributed by atoms with E-state index in [-0.39, 0.29) is 30.9 Å². The van der Waals surface area contributed by atoms with Gasteiger partial charge in [0.1, 0.15) is 36.0 Å². The normalized spacial score (nSPS) is 16.3. The maximum Gasteiger partial charge on any atom is 0.303 e. The van der Waals surface area contributed by atoms with Gasteiger partial charge in [-0.1, -0.05) is 71.9 Å². The van der Waals surface area contributed by atoms with Gasteiger partial charge in [-0.15, -0.1) is 0 Å². The number of aliphatic carboxylic acids is 1. The van der Waals surface area contributed by atoms with E-state index in [0.717, 1.165) is 32.1 Å². The quantitative estimate of drug-likeness (QED) is 0.0711. The molecular formula is C38H60N8O10. The molecule has 6 atom stereocenters. The molecule has 18 heteroatoms. The number of phenolic OH excluding ortho intramolecular Hbond substituents is 1. The number of amides is 7. The smallest absolute Gasteiger partial charge is 0.303 e. The van der Waals surface area contributed by atoms with Crippen LogP contribution in [0.15, 0.2) is 24.3 Å². The van der Waals surface area contributed by atoms with Crippen LogP contribution in [0.2, 0.25) is 0 Å². The second-order valence-corrected chi connectivity index (χ2v) is 15.1. The van der Waals surface area contributed by atoms with Crippen molar-refractivity contribution in [3.63, 3.8) is 0 Å². The van der Waals surface area contributed by atoms with E-state index in [2.05, 4.69) is 31.9 Å². The van der Waals surface area contributed by atoms with E-state index < -0.39 is 108 Å². The van der Waals surface area contributed by atoms with Crippen molar-refractivity contribution in [2.24, 2.45) is 29.2 Å². The summed E-state index contributed by atoms with van der Waals surface area (Å²) in [5.41, 5.74) is 11.9. The summed E-state index contributed by atoms with van der Waals surface area (Å²) in [5.74, 6) is -7.16. The van der Waals surface area contributed by atoms with Crippen LogP contribution >= 0.6 is 0 Å². The molecule has 18 nitrogen and oxygen atoms in total. The number of rotatable bonds is 22. The van der Waals surface area contributed by atoms with Crippen molar-refractivity contribution >= 4 is 47.3 Å². The van der Waals surface area contributed by atoms with Crippen molar-refractivity contribution in [2.45, 2.75) is 129 Å². The zero-order chi connectivity index (χ0) is 42.1. The maximum absolute atomic E-state index is 13.9. The van der Waals surface area contributed by atoms with E-state index >= 15 is 0 Å². The lowest BCUT2D eigenvalue weighted by atomic mass is 9.84. The molecule has 0 spiro atoms. The number of primary amides is 1. The Labute approximate surface area is 327 Å². The first-order chi connectivity index (χ1) is 26.3. The topological polar surface area (TPSA) is 301 Å². The summed E-state index contributed by atoms with van der Waals surface area (Å²) in [5, 5.41) is 34.3. The van der Waals surface area contributed by atoms with Crippen LogP contribution in [0.1, 0.15) is 91.5 Å². The molecule has 0 heterocycles. The number of carbonyl (C=O) groups excluding carboxylic acids is 7. The van der Waals surface area contributed by atoms with Crippen molar-refractivity contribution < 1.29 is 48.6 Å². The lowest BCUT2D eigenvalue weighted by Gasteiger charge is -2.30. The SMILES string of the molecule is CC(C)[C@H](NC(=O)[C@H](CCC(=O)O)NC(=O)[C@H](CC1CCCCC1)NC(=O)[C@@H](C)NC(=O)[C@@H](N)Cc1ccc(O)cc1)C(=O)N[C@H](C(=O)NCC(N)=O)C(C)C. The van der Waals surface area contributed by atoms with Gasteiger partial charge >= 0.3 is 5.97 Å². The van der Waals surface area contributed by atoms with E-state index in [1.165, 1.54) is 19.1 Å². The molecule has 312 valence electrons. The summed E-state index contributed by atoms with van der Waals surface area (Å²) in [6.07, 6.45) is 4.02. The third-order valence-electron chi connectivity index (χ3n) is 9.62. The van der Waals surface area contributed by atoms with Gasteiger partial charge in [0.2, 0.25) is 41.4 Å². The van der Waals surface area contributed by atoms with Crippen LogP contribution in [0.3, 0.4) is 0 Å². The molecule has 0 aliphatic heterocycles. The largest absolute Gasteiger partial charge is 0.508 e. The average molecular weight is 789 g/mol. The number of hydrogen-bond acceptors (Lipinski definition) is 10. The van der Waals surface area contributed by atoms with Crippen molar-refractivity contribution in [2.75, 3.05) is 6.54 Å².